The van der Waals surface area contributed by atoms with E-state index in [2.05, 4.69) is 15.9 Å². The van der Waals surface area contributed by atoms with Crippen LogP contribution in [-0.2, 0) is 32.7 Å². The second-order valence-corrected chi connectivity index (χ2v) is 1.39. The van der Waals surface area contributed by atoms with Crippen molar-refractivity contribution in [3.8, 4) is 0 Å². The van der Waals surface area contributed by atoms with E-state index >= 15 is 0 Å². The molecule has 1 heterocycles. The molecule has 0 bridgehead atoms. The number of aromatic nitrogens is 1. The van der Waals surface area contributed by atoms with Crippen LogP contribution >= 0.6 is 0 Å². The summed E-state index contributed by atoms with van der Waals surface area (Å²) in [5, 5.41) is 3.34. The Labute approximate surface area is 77.7 Å². The summed E-state index contributed by atoms with van der Waals surface area (Å²) in [5.74, 6) is -0.102. The van der Waals surface area contributed by atoms with Crippen LogP contribution in [0, 0.1) is 6.26 Å². The van der Waals surface area contributed by atoms with Crippen LogP contribution in [0.1, 0.15) is 17.4 Å². The number of hydrogen-bond acceptors (Lipinski definition) is 3. The van der Waals surface area contributed by atoms with Crippen molar-refractivity contribution in [2.24, 2.45) is 0 Å². The summed E-state index contributed by atoms with van der Waals surface area (Å²) in [7, 11) is 0. The molecule has 0 amide bonds. The second-order valence-electron chi connectivity index (χ2n) is 1.39. The van der Waals surface area contributed by atoms with Gasteiger partial charge < -0.3 is 9.32 Å². The Bertz CT molecular complexity index is 183. The summed E-state index contributed by atoms with van der Waals surface area (Å²) >= 11 is 0. The van der Waals surface area contributed by atoms with Crippen LogP contribution in [0.5, 0.6) is 0 Å². The van der Waals surface area contributed by atoms with Crippen molar-refractivity contribution < 1.29 is 42.0 Å². The molecule has 45 valence electrons. The first kappa shape index (κ1) is 8.98. The number of hydrogen-bond donors (Lipinski definition) is 0. The Kier molecular flexibility index (Phi) is 3.90. The maximum atomic E-state index is 10.4. The number of Topliss-reactive ketones (excluding diaryl/α,β-unsaturated/α-hetero) is 1. The van der Waals surface area contributed by atoms with E-state index < -0.39 is 0 Å². The van der Waals surface area contributed by atoms with Gasteiger partial charge >= 0.3 is 0 Å². The number of ketones is 1. The zero-order valence-corrected chi connectivity index (χ0v) is 7.76. The average Bonchev–Trinajstić information content (AvgIpc) is 2.12. The van der Waals surface area contributed by atoms with E-state index in [4.69, 9.17) is 0 Å². The normalized spacial score (nSPS) is 8.11. The van der Waals surface area contributed by atoms with Crippen molar-refractivity contribution in [2.75, 3.05) is 0 Å². The van der Waals surface area contributed by atoms with Crippen molar-refractivity contribution in [2.45, 2.75) is 6.92 Å². The molecule has 9 heavy (non-hydrogen) atoms. The first-order valence-electron chi connectivity index (χ1n) is 2.14. The molecule has 1 rings (SSSR count). The first-order valence-corrected chi connectivity index (χ1v) is 2.14. The van der Waals surface area contributed by atoms with Gasteiger partial charge in [-0.3, -0.25) is 0 Å². The summed E-state index contributed by atoms with van der Waals surface area (Å²) in [6.45, 7) is 1.42. The van der Waals surface area contributed by atoms with Gasteiger partial charge in [0.2, 0.25) is 0 Å². The minimum absolute atomic E-state index is 0. The minimum atomic E-state index is -0.102. The molecule has 0 aliphatic carbocycles. The molecule has 1 aromatic rings. The number of carbonyl (C=O) groups is 1. The minimum Gasteiger partial charge on any atom is -0.480 e. The van der Waals surface area contributed by atoms with Gasteiger partial charge in [0.05, 0.1) is 0 Å². The summed E-state index contributed by atoms with van der Waals surface area (Å²) in [5.41, 5.74) is 0.324. The zero-order valence-electron chi connectivity index (χ0n) is 4.92. The van der Waals surface area contributed by atoms with Crippen LogP contribution in [0.15, 0.2) is 10.6 Å². The number of nitrogens with zero attached hydrogens (tertiary/aromatic N) is 1. The molecular weight excluding hydrogens is 195 g/mol. The van der Waals surface area contributed by atoms with E-state index in [0.717, 1.165) is 0 Å². The van der Waals surface area contributed by atoms with Crippen molar-refractivity contribution in [1.82, 2.24) is 5.16 Å². The molecule has 0 N–H and O–H groups in total. The maximum absolute atomic E-state index is 10.4. The molecule has 0 saturated heterocycles. The maximum Gasteiger partial charge on any atom is 0.101 e. The van der Waals surface area contributed by atoms with Crippen LogP contribution < -0.4 is 0 Å². The standard InChI is InChI=1S/C5H4NO2.Y/c1-4(7)5-2-3-8-6-5;/h2H,1H3;/q-1;. The SMILES string of the molecule is CC(=O)c1c[c-]on1.[Y]. The van der Waals surface area contributed by atoms with Crippen LogP contribution in [0.4, 0.5) is 0 Å². The topological polar surface area (TPSA) is 43.1 Å². The Hall–Kier alpha value is -0.0161. The predicted molar refractivity (Wildman–Crippen MR) is 25.3 cm³/mol. The zero-order chi connectivity index (χ0) is 5.98. The summed E-state index contributed by atoms with van der Waals surface area (Å²) in [6.07, 6.45) is 2.30. The molecule has 0 aromatic carbocycles. The van der Waals surface area contributed by atoms with Crippen LogP contribution in [0.3, 0.4) is 0 Å². The molecule has 3 nitrogen and oxygen atoms in total. The van der Waals surface area contributed by atoms with Gasteiger partial charge in [-0.15, -0.1) is 0 Å². The summed E-state index contributed by atoms with van der Waals surface area (Å²) in [4.78, 5) is 10.4. The molecular formula is C5H4NO2Y-. The third kappa shape index (κ3) is 2.37. The van der Waals surface area contributed by atoms with E-state index in [9.17, 15) is 4.79 Å². The van der Waals surface area contributed by atoms with Crippen molar-refractivity contribution >= 4 is 5.78 Å². The fourth-order valence-electron chi connectivity index (χ4n) is 0.350. The monoisotopic (exact) mass is 199 g/mol. The van der Waals surface area contributed by atoms with Gasteiger partial charge in [-0.25, -0.2) is 0 Å². The Balaban J connectivity index is 0.000000640. The Morgan fingerprint density at radius 3 is 2.78 bits per heavy atom. The van der Waals surface area contributed by atoms with Crippen molar-refractivity contribution in [3.05, 3.63) is 18.0 Å². The van der Waals surface area contributed by atoms with Crippen molar-refractivity contribution in [1.29, 1.82) is 0 Å². The van der Waals surface area contributed by atoms with Crippen LogP contribution in [0.2, 0.25) is 0 Å². The van der Waals surface area contributed by atoms with Gasteiger partial charge in [0.15, 0.2) is 0 Å². The quantitative estimate of drug-likeness (QED) is 0.493. The molecule has 0 saturated carbocycles. The van der Waals surface area contributed by atoms with E-state index in [-0.39, 0.29) is 38.5 Å². The van der Waals surface area contributed by atoms with Crippen LogP contribution in [0.25, 0.3) is 0 Å². The first-order chi connectivity index (χ1) is 3.80. The number of rotatable bonds is 1. The molecule has 0 atom stereocenters. The van der Waals surface area contributed by atoms with Crippen molar-refractivity contribution in [3.63, 3.8) is 0 Å². The van der Waals surface area contributed by atoms with Crippen LogP contribution in [-0.4, -0.2) is 10.9 Å². The largest absolute Gasteiger partial charge is 0.480 e. The Morgan fingerprint density at radius 2 is 2.56 bits per heavy atom. The second kappa shape index (κ2) is 3.91. The Morgan fingerprint density at radius 1 is 1.89 bits per heavy atom. The van der Waals surface area contributed by atoms with E-state index in [1.54, 1.807) is 0 Å². The van der Waals surface area contributed by atoms with E-state index in [1.165, 1.54) is 13.0 Å². The van der Waals surface area contributed by atoms with Gasteiger partial charge in [-0.05, 0) is 18.9 Å². The molecule has 4 heteroatoms. The number of carbonyl (C=O) groups excluding carboxylic acids is 1. The molecule has 1 aromatic heterocycles. The predicted octanol–water partition coefficient (Wildman–Crippen LogP) is 0.675. The molecule has 1 radical (unpaired) electrons. The smallest absolute Gasteiger partial charge is 0.101 e. The third-order valence-corrected chi connectivity index (χ3v) is 0.753. The summed E-state index contributed by atoms with van der Waals surface area (Å²) < 4.78 is 4.28. The molecule has 0 spiro atoms. The van der Waals surface area contributed by atoms with Gasteiger partial charge in [0.25, 0.3) is 0 Å². The van der Waals surface area contributed by atoms with Gasteiger partial charge in [-0.1, -0.05) is 0 Å². The average molecular weight is 199 g/mol. The summed E-state index contributed by atoms with van der Waals surface area (Å²) in [6, 6.07) is 1.41. The molecule has 0 aliphatic rings. The van der Waals surface area contributed by atoms with Gasteiger partial charge in [0.1, 0.15) is 5.78 Å². The fraction of sp³-hybridized carbons (Fsp3) is 0.200. The molecule has 0 unspecified atom stereocenters. The fourth-order valence-corrected chi connectivity index (χ4v) is 0.350. The third-order valence-electron chi connectivity index (χ3n) is 0.753. The van der Waals surface area contributed by atoms with Gasteiger partial charge in [-0.2, -0.15) is 11.2 Å². The molecule has 0 fully saturated rings. The van der Waals surface area contributed by atoms with E-state index in [1.807, 2.05) is 0 Å². The van der Waals surface area contributed by atoms with Gasteiger partial charge in [0, 0.05) is 32.7 Å². The van der Waals surface area contributed by atoms with E-state index in [0.29, 0.717) is 5.69 Å². The molecule has 0 aliphatic heterocycles.